The van der Waals surface area contributed by atoms with Gasteiger partial charge in [0.2, 0.25) is 5.91 Å². The van der Waals surface area contributed by atoms with Crippen LogP contribution in [0.15, 0.2) is 18.2 Å². The molecule has 3 nitrogen and oxygen atoms in total. The lowest BCUT2D eigenvalue weighted by Gasteiger charge is -2.15. The van der Waals surface area contributed by atoms with Gasteiger partial charge in [0.15, 0.2) is 0 Å². The van der Waals surface area contributed by atoms with Gasteiger partial charge in [-0.2, -0.15) is 0 Å². The summed E-state index contributed by atoms with van der Waals surface area (Å²) in [4.78, 5) is 11.8. The zero-order chi connectivity index (χ0) is 13.0. The molecule has 3 N–H and O–H groups in total. The molecule has 1 rings (SSSR count). The Morgan fingerprint density at radius 1 is 1.35 bits per heavy atom. The van der Waals surface area contributed by atoms with Crippen LogP contribution in [0.2, 0.25) is 0 Å². The number of carbonyl (C=O) groups excluding carboxylic acids is 1. The van der Waals surface area contributed by atoms with E-state index >= 15 is 0 Å². The summed E-state index contributed by atoms with van der Waals surface area (Å²) < 4.78 is 0. The van der Waals surface area contributed by atoms with E-state index in [-0.39, 0.29) is 5.91 Å². The van der Waals surface area contributed by atoms with Crippen LogP contribution in [0.1, 0.15) is 32.8 Å². The highest BCUT2D eigenvalue weighted by molar-refractivity contribution is 5.92. The Hall–Kier alpha value is -1.51. The number of nitrogen functional groups attached to an aromatic ring is 1. The van der Waals surface area contributed by atoms with E-state index in [9.17, 15) is 4.79 Å². The van der Waals surface area contributed by atoms with Crippen LogP contribution in [0.5, 0.6) is 0 Å². The van der Waals surface area contributed by atoms with E-state index < -0.39 is 0 Å². The van der Waals surface area contributed by atoms with E-state index in [0.717, 1.165) is 11.3 Å². The summed E-state index contributed by atoms with van der Waals surface area (Å²) in [7, 11) is 0. The van der Waals surface area contributed by atoms with E-state index in [1.54, 1.807) is 6.07 Å². The third-order valence-electron chi connectivity index (χ3n) is 3.18. The van der Waals surface area contributed by atoms with Gasteiger partial charge < -0.3 is 11.1 Å². The molecule has 0 aromatic heterocycles. The summed E-state index contributed by atoms with van der Waals surface area (Å²) in [6.45, 7) is 8.31. The summed E-state index contributed by atoms with van der Waals surface area (Å²) >= 11 is 0. The van der Waals surface area contributed by atoms with E-state index in [1.807, 2.05) is 19.1 Å². The minimum atomic E-state index is 0.0555. The van der Waals surface area contributed by atoms with E-state index in [4.69, 9.17) is 5.73 Å². The average molecular weight is 234 g/mol. The Bertz CT molecular complexity index is 399. The number of nitrogens with one attached hydrogen (secondary N) is 1. The molecular weight excluding hydrogens is 212 g/mol. The number of benzene rings is 1. The minimum Gasteiger partial charge on any atom is -0.399 e. The molecular formula is C14H22N2O. The van der Waals surface area contributed by atoms with Gasteiger partial charge in [-0.1, -0.05) is 26.8 Å². The first kappa shape index (κ1) is 13.6. The van der Waals surface area contributed by atoms with E-state index in [1.165, 1.54) is 0 Å². The van der Waals surface area contributed by atoms with Gasteiger partial charge in [0.25, 0.3) is 0 Å². The molecule has 1 unspecified atom stereocenters. The Labute approximate surface area is 103 Å². The molecule has 1 amide bonds. The molecule has 0 aliphatic carbocycles. The third-order valence-corrected chi connectivity index (χ3v) is 3.18. The Balaban J connectivity index is 2.65. The second-order valence-electron chi connectivity index (χ2n) is 5.05. The first-order chi connectivity index (χ1) is 7.90. The monoisotopic (exact) mass is 234 g/mol. The van der Waals surface area contributed by atoms with Crippen molar-refractivity contribution in [2.45, 2.75) is 34.1 Å². The molecule has 1 atom stereocenters. The highest BCUT2D eigenvalue weighted by atomic mass is 16.1. The first-order valence-electron chi connectivity index (χ1n) is 6.06. The number of rotatable bonds is 4. The molecule has 0 aliphatic rings. The minimum absolute atomic E-state index is 0.0555. The number of hydrogen-bond acceptors (Lipinski definition) is 2. The molecule has 0 aliphatic heterocycles. The molecule has 0 saturated carbocycles. The molecule has 3 heteroatoms. The van der Waals surface area contributed by atoms with Crippen molar-refractivity contribution in [3.8, 4) is 0 Å². The molecule has 0 spiro atoms. The van der Waals surface area contributed by atoms with Gasteiger partial charge in [0, 0.05) is 17.8 Å². The summed E-state index contributed by atoms with van der Waals surface area (Å²) in [5, 5.41) is 2.92. The lowest BCUT2D eigenvalue weighted by Crippen LogP contribution is -2.18. The van der Waals surface area contributed by atoms with Crippen LogP contribution in [-0.2, 0) is 4.79 Å². The SMILES string of the molecule is Cc1ccc(N)cc1NC(=O)CC(C)C(C)C. The summed E-state index contributed by atoms with van der Waals surface area (Å²) in [6, 6.07) is 5.55. The van der Waals surface area contributed by atoms with Crippen molar-refractivity contribution < 1.29 is 4.79 Å². The zero-order valence-electron chi connectivity index (χ0n) is 11.1. The Kier molecular flexibility index (Phi) is 4.55. The summed E-state index contributed by atoms with van der Waals surface area (Å²) in [5.41, 5.74) is 8.21. The summed E-state index contributed by atoms with van der Waals surface area (Å²) in [6.07, 6.45) is 0.548. The largest absolute Gasteiger partial charge is 0.399 e. The van der Waals surface area contributed by atoms with Crippen LogP contribution in [0.4, 0.5) is 11.4 Å². The number of aryl methyl sites for hydroxylation is 1. The number of hydrogen-bond donors (Lipinski definition) is 2. The second kappa shape index (κ2) is 5.71. The second-order valence-corrected chi connectivity index (χ2v) is 5.05. The van der Waals surface area contributed by atoms with Gasteiger partial charge in [-0.15, -0.1) is 0 Å². The lowest BCUT2D eigenvalue weighted by atomic mass is 9.94. The van der Waals surface area contributed by atoms with Gasteiger partial charge in [-0.3, -0.25) is 4.79 Å². The van der Waals surface area contributed by atoms with Crippen molar-refractivity contribution in [1.29, 1.82) is 0 Å². The van der Waals surface area contributed by atoms with Crippen LogP contribution >= 0.6 is 0 Å². The molecule has 94 valence electrons. The number of amides is 1. The highest BCUT2D eigenvalue weighted by Gasteiger charge is 2.13. The predicted octanol–water partition coefficient (Wildman–Crippen LogP) is 3.20. The Morgan fingerprint density at radius 2 is 2.00 bits per heavy atom. The number of carbonyl (C=O) groups is 1. The predicted molar refractivity (Wildman–Crippen MR) is 72.8 cm³/mol. The van der Waals surface area contributed by atoms with E-state index in [0.29, 0.717) is 23.9 Å². The third kappa shape index (κ3) is 4.10. The smallest absolute Gasteiger partial charge is 0.224 e. The van der Waals surface area contributed by atoms with Crippen LogP contribution in [0, 0.1) is 18.8 Å². The number of anilines is 2. The fourth-order valence-corrected chi connectivity index (χ4v) is 1.50. The van der Waals surface area contributed by atoms with Crippen molar-refractivity contribution in [3.05, 3.63) is 23.8 Å². The van der Waals surface area contributed by atoms with Crippen LogP contribution in [0.3, 0.4) is 0 Å². The molecule has 1 aromatic carbocycles. The van der Waals surface area contributed by atoms with Gasteiger partial charge >= 0.3 is 0 Å². The van der Waals surface area contributed by atoms with Gasteiger partial charge in [0.1, 0.15) is 0 Å². The molecule has 1 aromatic rings. The van der Waals surface area contributed by atoms with Gasteiger partial charge in [-0.25, -0.2) is 0 Å². The first-order valence-corrected chi connectivity index (χ1v) is 6.06. The highest BCUT2D eigenvalue weighted by Crippen LogP contribution is 2.20. The van der Waals surface area contributed by atoms with E-state index in [2.05, 4.69) is 26.1 Å². The van der Waals surface area contributed by atoms with Crippen molar-refractivity contribution in [2.24, 2.45) is 11.8 Å². The maximum absolute atomic E-state index is 11.8. The van der Waals surface area contributed by atoms with Crippen molar-refractivity contribution in [2.75, 3.05) is 11.1 Å². The van der Waals surface area contributed by atoms with Crippen LogP contribution in [0.25, 0.3) is 0 Å². The summed E-state index contributed by atoms with van der Waals surface area (Å²) in [5.74, 6) is 0.957. The molecule has 0 bridgehead atoms. The van der Waals surface area contributed by atoms with Crippen molar-refractivity contribution >= 4 is 17.3 Å². The Morgan fingerprint density at radius 3 is 2.59 bits per heavy atom. The van der Waals surface area contributed by atoms with Crippen molar-refractivity contribution in [1.82, 2.24) is 0 Å². The lowest BCUT2D eigenvalue weighted by molar-refractivity contribution is -0.117. The van der Waals surface area contributed by atoms with Gasteiger partial charge in [0.05, 0.1) is 0 Å². The van der Waals surface area contributed by atoms with Crippen LogP contribution in [-0.4, -0.2) is 5.91 Å². The van der Waals surface area contributed by atoms with Crippen LogP contribution < -0.4 is 11.1 Å². The normalized spacial score (nSPS) is 12.5. The average Bonchev–Trinajstić information content (AvgIpc) is 2.23. The molecule has 0 heterocycles. The molecule has 0 fully saturated rings. The zero-order valence-corrected chi connectivity index (χ0v) is 11.1. The van der Waals surface area contributed by atoms with Gasteiger partial charge in [-0.05, 0) is 36.5 Å². The maximum atomic E-state index is 11.8. The topological polar surface area (TPSA) is 55.1 Å². The standard InChI is InChI=1S/C14H22N2O/c1-9(2)11(4)7-14(17)16-13-8-12(15)6-5-10(13)3/h5-6,8-9,11H,7,15H2,1-4H3,(H,16,17). The fraction of sp³-hybridized carbons (Fsp3) is 0.500. The maximum Gasteiger partial charge on any atom is 0.224 e. The quantitative estimate of drug-likeness (QED) is 0.786. The molecule has 17 heavy (non-hydrogen) atoms. The number of nitrogens with two attached hydrogens (primary N) is 1. The molecule has 0 radical (unpaired) electrons. The fourth-order valence-electron chi connectivity index (χ4n) is 1.50. The molecule has 0 saturated heterocycles. The van der Waals surface area contributed by atoms with Crippen molar-refractivity contribution in [3.63, 3.8) is 0 Å².